The molecule has 96 valence electrons. The van der Waals surface area contributed by atoms with Crippen LogP contribution in [0.4, 0.5) is 0 Å². The molecule has 3 heteroatoms. The Bertz CT molecular complexity index is 450. The van der Waals surface area contributed by atoms with Gasteiger partial charge in [-0.3, -0.25) is 4.79 Å². The number of halogens is 1. The topological polar surface area (TPSA) is 20.3 Å². The van der Waals surface area contributed by atoms with Gasteiger partial charge >= 0.3 is 0 Å². The summed E-state index contributed by atoms with van der Waals surface area (Å²) >= 11 is 3.50. The third-order valence-corrected chi connectivity index (χ3v) is 4.69. The fraction of sp³-hybridized carbons (Fsp3) is 0.533. The molecule has 18 heavy (non-hydrogen) atoms. The molecule has 0 spiro atoms. The van der Waals surface area contributed by atoms with Crippen LogP contribution in [0.15, 0.2) is 28.7 Å². The van der Waals surface area contributed by atoms with Crippen LogP contribution in [0.3, 0.4) is 0 Å². The predicted molar refractivity (Wildman–Crippen MR) is 75.6 cm³/mol. The predicted octanol–water partition coefficient (Wildman–Crippen LogP) is 4.00. The van der Waals surface area contributed by atoms with Crippen molar-refractivity contribution in [3.05, 3.63) is 34.3 Å². The Hall–Kier alpha value is -0.830. The Balaban J connectivity index is 1.86. The first-order valence-corrected chi connectivity index (χ1v) is 7.64. The lowest BCUT2D eigenvalue weighted by Gasteiger charge is -2.29. The molecule has 1 amide bonds. The number of rotatable bonds is 3. The number of carbonyl (C=O) groups excluding carboxylic acids is 1. The normalized spacial score (nSPS) is 20.1. The molecule has 2 saturated carbocycles. The van der Waals surface area contributed by atoms with Gasteiger partial charge in [-0.1, -0.05) is 25.0 Å². The van der Waals surface area contributed by atoms with Gasteiger partial charge in [-0.2, -0.15) is 0 Å². The molecule has 1 aromatic rings. The van der Waals surface area contributed by atoms with E-state index in [9.17, 15) is 4.79 Å². The summed E-state index contributed by atoms with van der Waals surface area (Å²) in [6.45, 7) is 0. The summed E-state index contributed by atoms with van der Waals surface area (Å²) in [7, 11) is 0. The maximum Gasteiger partial charge on any atom is 0.255 e. The molecule has 0 bridgehead atoms. The van der Waals surface area contributed by atoms with Crippen molar-refractivity contribution in [2.45, 2.75) is 50.6 Å². The average molecular weight is 308 g/mol. The second kappa shape index (κ2) is 5.04. The summed E-state index contributed by atoms with van der Waals surface area (Å²) in [4.78, 5) is 14.9. The molecular formula is C15H18BrNO. The zero-order valence-electron chi connectivity index (χ0n) is 10.4. The van der Waals surface area contributed by atoms with E-state index in [-0.39, 0.29) is 5.91 Å². The second-order valence-corrected chi connectivity index (χ2v) is 6.22. The van der Waals surface area contributed by atoms with E-state index >= 15 is 0 Å². The van der Waals surface area contributed by atoms with Crippen molar-refractivity contribution in [2.75, 3.05) is 0 Å². The fourth-order valence-electron chi connectivity index (χ4n) is 2.94. The Morgan fingerprint density at radius 3 is 2.28 bits per heavy atom. The summed E-state index contributed by atoms with van der Waals surface area (Å²) in [5.41, 5.74) is 0.816. The van der Waals surface area contributed by atoms with Crippen molar-refractivity contribution in [3.63, 3.8) is 0 Å². The summed E-state index contributed by atoms with van der Waals surface area (Å²) in [6, 6.07) is 8.77. The summed E-state index contributed by atoms with van der Waals surface area (Å²) in [5.74, 6) is 0.219. The largest absolute Gasteiger partial charge is 0.333 e. The minimum Gasteiger partial charge on any atom is -0.333 e. The second-order valence-electron chi connectivity index (χ2n) is 5.36. The van der Waals surface area contributed by atoms with Gasteiger partial charge in [-0.05, 0) is 53.7 Å². The van der Waals surface area contributed by atoms with E-state index in [0.717, 1.165) is 10.0 Å². The highest BCUT2D eigenvalue weighted by molar-refractivity contribution is 9.10. The van der Waals surface area contributed by atoms with E-state index in [1.807, 2.05) is 24.3 Å². The van der Waals surface area contributed by atoms with Crippen LogP contribution in [0.5, 0.6) is 0 Å². The van der Waals surface area contributed by atoms with Gasteiger partial charge in [-0.15, -0.1) is 0 Å². The van der Waals surface area contributed by atoms with Crippen LogP contribution >= 0.6 is 15.9 Å². The monoisotopic (exact) mass is 307 g/mol. The minimum absolute atomic E-state index is 0.219. The third-order valence-electron chi connectivity index (χ3n) is 4.00. The Kier molecular flexibility index (Phi) is 3.42. The highest BCUT2D eigenvalue weighted by Crippen LogP contribution is 2.36. The average Bonchev–Trinajstić information content (AvgIpc) is 3.05. The van der Waals surface area contributed by atoms with E-state index in [4.69, 9.17) is 0 Å². The van der Waals surface area contributed by atoms with Gasteiger partial charge in [0.05, 0.1) is 5.56 Å². The number of benzene rings is 1. The van der Waals surface area contributed by atoms with Crippen molar-refractivity contribution in [1.29, 1.82) is 0 Å². The van der Waals surface area contributed by atoms with Crippen molar-refractivity contribution in [1.82, 2.24) is 4.90 Å². The summed E-state index contributed by atoms with van der Waals surface area (Å²) < 4.78 is 0.915. The molecule has 0 aromatic heterocycles. The zero-order valence-corrected chi connectivity index (χ0v) is 12.0. The number of hydrogen-bond donors (Lipinski definition) is 0. The number of hydrogen-bond acceptors (Lipinski definition) is 1. The molecular weight excluding hydrogens is 290 g/mol. The van der Waals surface area contributed by atoms with E-state index in [2.05, 4.69) is 20.8 Å². The summed E-state index contributed by atoms with van der Waals surface area (Å²) in [5, 5.41) is 0. The smallest absolute Gasteiger partial charge is 0.255 e. The highest BCUT2D eigenvalue weighted by Gasteiger charge is 2.38. The van der Waals surface area contributed by atoms with E-state index in [0.29, 0.717) is 12.1 Å². The van der Waals surface area contributed by atoms with Crippen LogP contribution < -0.4 is 0 Å². The quantitative estimate of drug-likeness (QED) is 0.826. The molecule has 0 radical (unpaired) electrons. The maximum absolute atomic E-state index is 12.7. The van der Waals surface area contributed by atoms with Crippen molar-refractivity contribution in [3.8, 4) is 0 Å². The SMILES string of the molecule is O=C(c1ccccc1Br)N(C1CCCC1)C1CC1. The summed E-state index contributed by atoms with van der Waals surface area (Å²) in [6.07, 6.45) is 7.30. The highest BCUT2D eigenvalue weighted by atomic mass is 79.9. The molecule has 0 unspecified atom stereocenters. The van der Waals surface area contributed by atoms with Gasteiger partial charge in [0.15, 0.2) is 0 Å². The van der Waals surface area contributed by atoms with Crippen molar-refractivity contribution < 1.29 is 4.79 Å². The van der Waals surface area contributed by atoms with Crippen LogP contribution in [0.1, 0.15) is 48.9 Å². The van der Waals surface area contributed by atoms with Crippen molar-refractivity contribution in [2.24, 2.45) is 0 Å². The van der Waals surface area contributed by atoms with Crippen LogP contribution in [-0.2, 0) is 0 Å². The van der Waals surface area contributed by atoms with Crippen LogP contribution in [0.25, 0.3) is 0 Å². The third kappa shape index (κ3) is 2.33. The van der Waals surface area contributed by atoms with E-state index < -0.39 is 0 Å². The lowest BCUT2D eigenvalue weighted by molar-refractivity contribution is 0.0663. The van der Waals surface area contributed by atoms with Crippen molar-refractivity contribution >= 4 is 21.8 Å². The first kappa shape index (κ1) is 12.2. The molecule has 3 rings (SSSR count). The molecule has 0 aliphatic heterocycles. The molecule has 0 heterocycles. The number of carbonyl (C=O) groups is 1. The lowest BCUT2D eigenvalue weighted by Crippen LogP contribution is -2.40. The molecule has 2 aliphatic carbocycles. The molecule has 2 aliphatic rings. The van der Waals surface area contributed by atoms with E-state index in [1.165, 1.54) is 38.5 Å². The molecule has 1 aromatic carbocycles. The van der Waals surface area contributed by atoms with Gasteiger partial charge in [0.2, 0.25) is 0 Å². The first-order chi connectivity index (χ1) is 8.77. The van der Waals surface area contributed by atoms with Crippen LogP contribution in [-0.4, -0.2) is 22.9 Å². The lowest BCUT2D eigenvalue weighted by atomic mass is 10.1. The first-order valence-electron chi connectivity index (χ1n) is 6.84. The Morgan fingerprint density at radius 2 is 1.67 bits per heavy atom. The number of amides is 1. The maximum atomic E-state index is 12.7. The minimum atomic E-state index is 0.219. The molecule has 0 atom stereocenters. The standard InChI is InChI=1S/C15H18BrNO/c16-14-8-4-3-7-13(14)15(18)17(12-9-10-12)11-5-1-2-6-11/h3-4,7-8,11-12H,1-2,5-6,9-10H2. The number of nitrogens with zero attached hydrogens (tertiary/aromatic N) is 1. The van der Waals surface area contributed by atoms with Gasteiger partial charge in [0.25, 0.3) is 5.91 Å². The van der Waals surface area contributed by atoms with Gasteiger partial charge < -0.3 is 4.90 Å². The zero-order chi connectivity index (χ0) is 12.5. The van der Waals surface area contributed by atoms with E-state index in [1.54, 1.807) is 0 Å². The molecule has 2 fully saturated rings. The van der Waals surface area contributed by atoms with Gasteiger partial charge in [-0.25, -0.2) is 0 Å². The Morgan fingerprint density at radius 1 is 1.06 bits per heavy atom. The van der Waals surface area contributed by atoms with Gasteiger partial charge in [0, 0.05) is 16.6 Å². The van der Waals surface area contributed by atoms with Crippen LogP contribution in [0, 0.1) is 0 Å². The van der Waals surface area contributed by atoms with Crippen LogP contribution in [0.2, 0.25) is 0 Å². The molecule has 0 saturated heterocycles. The molecule has 2 nitrogen and oxygen atoms in total. The fourth-order valence-corrected chi connectivity index (χ4v) is 3.39. The molecule has 0 N–H and O–H groups in total. The van der Waals surface area contributed by atoms with Gasteiger partial charge in [0.1, 0.15) is 0 Å². The Labute approximate surface area is 116 Å².